The lowest BCUT2D eigenvalue weighted by molar-refractivity contribution is -0.131. The van der Waals surface area contributed by atoms with Crippen molar-refractivity contribution < 1.29 is 9.90 Å². The Morgan fingerprint density at radius 1 is 1.64 bits per heavy atom. The van der Waals surface area contributed by atoms with Crippen molar-refractivity contribution in [2.75, 3.05) is 0 Å². The first-order chi connectivity index (χ1) is 5.07. The summed E-state index contributed by atoms with van der Waals surface area (Å²) >= 11 is 0. The lowest BCUT2D eigenvalue weighted by atomic mass is 10.00. The summed E-state index contributed by atoms with van der Waals surface area (Å²) < 4.78 is 0. The van der Waals surface area contributed by atoms with Crippen LogP contribution in [0.2, 0.25) is 0 Å². The molecule has 0 spiro atoms. The maximum absolute atomic E-state index is 10.3. The molecule has 0 atom stereocenters. The van der Waals surface area contributed by atoms with Crippen molar-refractivity contribution in [2.45, 2.75) is 20.3 Å². The summed E-state index contributed by atoms with van der Waals surface area (Å²) in [5.41, 5.74) is 0.910. The molecule has 11 heavy (non-hydrogen) atoms. The Labute approximate surface area is 67.2 Å². The van der Waals surface area contributed by atoms with Gasteiger partial charge in [-0.3, -0.25) is 0 Å². The van der Waals surface area contributed by atoms with E-state index in [0.29, 0.717) is 6.42 Å². The van der Waals surface area contributed by atoms with Crippen LogP contribution < -0.4 is 0 Å². The Morgan fingerprint density at radius 2 is 2.18 bits per heavy atom. The number of carboxylic acid groups (broad SMARTS) is 1. The molecule has 0 unspecified atom stereocenters. The van der Waals surface area contributed by atoms with Crippen LogP contribution in [0.4, 0.5) is 0 Å². The summed E-state index contributed by atoms with van der Waals surface area (Å²) in [5, 5.41) is 8.45. The van der Waals surface area contributed by atoms with E-state index in [9.17, 15) is 4.79 Å². The van der Waals surface area contributed by atoms with Gasteiger partial charge in [0.2, 0.25) is 0 Å². The first-order valence-electron chi connectivity index (χ1n) is 3.62. The van der Waals surface area contributed by atoms with Gasteiger partial charge in [-0.1, -0.05) is 25.5 Å². The van der Waals surface area contributed by atoms with Crippen molar-refractivity contribution >= 4 is 5.97 Å². The van der Waals surface area contributed by atoms with Crippen molar-refractivity contribution in [3.8, 4) is 0 Å². The van der Waals surface area contributed by atoms with Crippen LogP contribution in [0.25, 0.3) is 0 Å². The van der Waals surface area contributed by atoms with Gasteiger partial charge in [0.25, 0.3) is 0 Å². The highest BCUT2D eigenvalue weighted by molar-refractivity contribution is 5.80. The van der Waals surface area contributed by atoms with Gasteiger partial charge in [-0.2, -0.15) is 0 Å². The molecule has 0 aromatic rings. The number of hydrogen-bond donors (Lipinski definition) is 1. The highest BCUT2D eigenvalue weighted by Gasteiger charge is 2.02. The molecule has 0 amide bonds. The van der Waals surface area contributed by atoms with Crippen LogP contribution in [-0.2, 0) is 4.79 Å². The molecule has 0 aliphatic rings. The minimum absolute atomic E-state index is 0.282. The zero-order valence-corrected chi connectivity index (χ0v) is 7.00. The highest BCUT2D eigenvalue weighted by atomic mass is 16.4. The topological polar surface area (TPSA) is 37.3 Å². The van der Waals surface area contributed by atoms with E-state index in [1.165, 1.54) is 6.08 Å². The Balaban J connectivity index is 4.31. The number of rotatable bonds is 4. The molecule has 0 aliphatic heterocycles. The number of allylic oxidation sites excluding steroid dienone is 2. The molecule has 0 saturated heterocycles. The third-order valence-electron chi connectivity index (χ3n) is 1.43. The van der Waals surface area contributed by atoms with Crippen molar-refractivity contribution in [2.24, 2.45) is 5.92 Å². The molecule has 0 bridgehead atoms. The van der Waals surface area contributed by atoms with Crippen molar-refractivity contribution in [3.05, 3.63) is 24.3 Å². The fourth-order valence-corrected chi connectivity index (χ4v) is 0.787. The second kappa shape index (κ2) is 4.72. The highest BCUT2D eigenvalue weighted by Crippen LogP contribution is 2.13. The second-order valence-corrected chi connectivity index (χ2v) is 2.70. The van der Waals surface area contributed by atoms with Crippen molar-refractivity contribution in [3.63, 3.8) is 0 Å². The molecular formula is C9H14O2. The van der Waals surface area contributed by atoms with Crippen molar-refractivity contribution in [1.29, 1.82) is 0 Å². The summed E-state index contributed by atoms with van der Waals surface area (Å²) in [4.78, 5) is 10.3. The van der Waals surface area contributed by atoms with Crippen LogP contribution >= 0.6 is 0 Å². The molecule has 0 aromatic carbocycles. The lowest BCUT2D eigenvalue weighted by Gasteiger charge is -2.06. The summed E-state index contributed by atoms with van der Waals surface area (Å²) in [5.74, 6) is -0.598. The summed E-state index contributed by atoms with van der Waals surface area (Å²) in [6.07, 6.45) is 3.63. The van der Waals surface area contributed by atoms with E-state index in [0.717, 1.165) is 5.57 Å². The van der Waals surface area contributed by atoms with E-state index in [2.05, 4.69) is 6.58 Å². The minimum atomic E-state index is -0.879. The van der Waals surface area contributed by atoms with Gasteiger partial charge < -0.3 is 5.11 Å². The van der Waals surface area contributed by atoms with Crippen LogP contribution in [0.5, 0.6) is 0 Å². The Morgan fingerprint density at radius 3 is 2.45 bits per heavy atom. The molecule has 0 fully saturated rings. The Kier molecular flexibility index (Phi) is 4.27. The van der Waals surface area contributed by atoms with E-state index in [1.54, 1.807) is 6.08 Å². The molecule has 2 heteroatoms. The van der Waals surface area contributed by atoms with Crippen molar-refractivity contribution in [1.82, 2.24) is 0 Å². The average molecular weight is 154 g/mol. The van der Waals surface area contributed by atoms with Gasteiger partial charge in [-0.05, 0) is 12.3 Å². The fraction of sp³-hybridized carbons (Fsp3) is 0.444. The number of hydrogen-bond acceptors (Lipinski definition) is 1. The molecule has 0 aliphatic carbocycles. The lowest BCUT2D eigenvalue weighted by Crippen LogP contribution is -1.98. The first-order valence-corrected chi connectivity index (χ1v) is 3.62. The smallest absolute Gasteiger partial charge is 0.328 e. The van der Waals surface area contributed by atoms with E-state index in [1.807, 2.05) is 13.8 Å². The molecule has 2 nitrogen and oxygen atoms in total. The van der Waals surface area contributed by atoms with Gasteiger partial charge >= 0.3 is 5.97 Å². The maximum Gasteiger partial charge on any atom is 0.328 e. The quantitative estimate of drug-likeness (QED) is 0.498. The minimum Gasteiger partial charge on any atom is -0.478 e. The SMILES string of the molecule is C=CCC(=CC(=O)O)C(C)C. The zero-order chi connectivity index (χ0) is 8.85. The first kappa shape index (κ1) is 9.95. The van der Waals surface area contributed by atoms with Crippen LogP contribution in [0.1, 0.15) is 20.3 Å². The number of carboxylic acids is 1. The molecule has 0 saturated carbocycles. The van der Waals surface area contributed by atoms with Crippen LogP contribution in [0.3, 0.4) is 0 Å². The van der Waals surface area contributed by atoms with E-state index in [4.69, 9.17) is 5.11 Å². The van der Waals surface area contributed by atoms with E-state index >= 15 is 0 Å². The summed E-state index contributed by atoms with van der Waals surface area (Å²) in [6.45, 7) is 7.50. The predicted molar refractivity (Wildman–Crippen MR) is 45.4 cm³/mol. The zero-order valence-electron chi connectivity index (χ0n) is 7.00. The van der Waals surface area contributed by atoms with Crippen LogP contribution in [-0.4, -0.2) is 11.1 Å². The standard InChI is InChI=1S/C9H14O2/c1-4-5-8(7(2)3)6-9(10)11/h4,6-7H,1,5H2,2-3H3,(H,10,11). The molecular weight excluding hydrogens is 140 g/mol. The van der Waals surface area contributed by atoms with E-state index < -0.39 is 5.97 Å². The summed E-state index contributed by atoms with van der Waals surface area (Å²) in [6, 6.07) is 0. The fourth-order valence-electron chi connectivity index (χ4n) is 0.787. The molecule has 0 heterocycles. The van der Waals surface area contributed by atoms with Gasteiger partial charge in [0.1, 0.15) is 0 Å². The third kappa shape index (κ3) is 4.37. The molecule has 62 valence electrons. The third-order valence-corrected chi connectivity index (χ3v) is 1.43. The van der Waals surface area contributed by atoms with Gasteiger partial charge in [0, 0.05) is 6.08 Å². The Hall–Kier alpha value is -1.05. The molecule has 1 N–H and O–H groups in total. The van der Waals surface area contributed by atoms with Crippen LogP contribution in [0.15, 0.2) is 24.3 Å². The van der Waals surface area contributed by atoms with Crippen LogP contribution in [0, 0.1) is 5.92 Å². The predicted octanol–water partition coefficient (Wildman–Crippen LogP) is 2.23. The van der Waals surface area contributed by atoms with Gasteiger partial charge in [-0.25, -0.2) is 4.79 Å². The number of carbonyl (C=O) groups is 1. The second-order valence-electron chi connectivity index (χ2n) is 2.70. The number of aliphatic carboxylic acids is 1. The molecule has 0 radical (unpaired) electrons. The monoisotopic (exact) mass is 154 g/mol. The maximum atomic E-state index is 10.3. The van der Waals surface area contributed by atoms with E-state index in [-0.39, 0.29) is 5.92 Å². The van der Waals surface area contributed by atoms with Gasteiger partial charge in [-0.15, -0.1) is 6.58 Å². The summed E-state index contributed by atoms with van der Waals surface area (Å²) in [7, 11) is 0. The molecule has 0 aromatic heterocycles. The largest absolute Gasteiger partial charge is 0.478 e. The van der Waals surface area contributed by atoms with Gasteiger partial charge in [0.05, 0.1) is 0 Å². The van der Waals surface area contributed by atoms with Gasteiger partial charge in [0.15, 0.2) is 0 Å². The Bertz CT molecular complexity index is 178. The average Bonchev–Trinajstić information content (AvgIpc) is 1.86. The normalized spacial score (nSPS) is 11.7. The molecule has 0 rings (SSSR count).